The molecule has 2 aromatic heterocycles. The molecule has 0 aliphatic carbocycles. The van der Waals surface area contributed by atoms with Gasteiger partial charge in [-0.05, 0) is 42.8 Å². The molecule has 0 radical (unpaired) electrons. The van der Waals surface area contributed by atoms with Gasteiger partial charge in [0.2, 0.25) is 0 Å². The van der Waals surface area contributed by atoms with E-state index in [4.69, 9.17) is 9.47 Å². The fraction of sp³-hybridized carbons (Fsp3) is 0.217. The minimum Gasteiger partial charge on any atom is -0.488 e. The molecule has 0 bridgehead atoms. The average Bonchev–Trinajstić information content (AvgIpc) is 3.18. The van der Waals surface area contributed by atoms with Crippen molar-refractivity contribution in [2.75, 3.05) is 25.2 Å². The predicted octanol–water partition coefficient (Wildman–Crippen LogP) is 5.38. The highest BCUT2D eigenvalue weighted by Crippen LogP contribution is 2.44. The van der Waals surface area contributed by atoms with Crippen LogP contribution in [0, 0.1) is 12.7 Å². The monoisotopic (exact) mass is 482 g/mol. The normalized spacial score (nSPS) is 15.7. The summed E-state index contributed by atoms with van der Waals surface area (Å²) in [5.74, 6) is 1.65. The minimum atomic E-state index is -0.386. The van der Waals surface area contributed by atoms with Gasteiger partial charge in [0.05, 0.1) is 29.4 Å². The lowest BCUT2D eigenvalue weighted by Crippen LogP contribution is -2.43. The molecule has 0 saturated carbocycles. The number of nitrogens with zero attached hydrogens (tertiary/aromatic N) is 3. The number of aromatic amines is 1. The van der Waals surface area contributed by atoms with Crippen molar-refractivity contribution in [3.63, 3.8) is 0 Å². The second-order valence-electron chi connectivity index (χ2n) is 7.51. The van der Waals surface area contributed by atoms with Gasteiger partial charge in [-0.25, -0.2) is 14.4 Å². The molecule has 8 heteroatoms. The molecule has 0 unspecified atom stereocenters. The molecule has 0 spiro atoms. The first kappa shape index (κ1) is 20.0. The van der Waals surface area contributed by atoms with E-state index in [0.29, 0.717) is 40.3 Å². The van der Waals surface area contributed by atoms with Gasteiger partial charge in [-0.3, -0.25) is 0 Å². The van der Waals surface area contributed by atoms with Crippen LogP contribution in [0.1, 0.15) is 5.56 Å². The van der Waals surface area contributed by atoms with Gasteiger partial charge >= 0.3 is 0 Å². The first-order valence-corrected chi connectivity index (χ1v) is 10.7. The summed E-state index contributed by atoms with van der Waals surface area (Å²) >= 11 is 3.33. The van der Waals surface area contributed by atoms with E-state index in [1.54, 1.807) is 7.11 Å². The maximum absolute atomic E-state index is 14.4. The summed E-state index contributed by atoms with van der Waals surface area (Å²) in [6, 6.07) is 13.0. The van der Waals surface area contributed by atoms with E-state index in [-0.39, 0.29) is 11.9 Å². The molecule has 0 amide bonds. The molecular weight excluding hydrogens is 463 g/mol. The molecule has 158 valence electrons. The van der Waals surface area contributed by atoms with Crippen molar-refractivity contribution in [2.45, 2.75) is 13.0 Å². The van der Waals surface area contributed by atoms with Crippen LogP contribution in [-0.2, 0) is 4.74 Å². The SMILES string of the molecule is COC[C@H]1COc2c(-c3nc4c(F)cc(Br)cc4[nH]3)cccc2N1c1ccc(C)cn1. The van der Waals surface area contributed by atoms with E-state index in [1.807, 2.05) is 49.5 Å². The van der Waals surface area contributed by atoms with E-state index in [9.17, 15) is 4.39 Å². The number of hydrogen-bond donors (Lipinski definition) is 1. The standard InChI is InChI=1S/C23H20BrFN4O2/c1-13-6-7-20(26-10-13)29-15(11-30-2)12-31-22-16(4-3-5-19(22)29)23-27-18-9-14(24)8-17(25)21(18)28-23/h3-10,15H,11-12H2,1-2H3,(H,27,28)/t15-/m0/s1. The van der Waals surface area contributed by atoms with E-state index in [2.05, 4.69) is 35.8 Å². The molecular formula is C23H20BrFN4O2. The quantitative estimate of drug-likeness (QED) is 0.422. The molecule has 3 heterocycles. The van der Waals surface area contributed by atoms with E-state index in [0.717, 1.165) is 22.6 Å². The summed E-state index contributed by atoms with van der Waals surface area (Å²) in [5, 5.41) is 0. The number of benzene rings is 2. The maximum Gasteiger partial charge on any atom is 0.154 e. The van der Waals surface area contributed by atoms with Gasteiger partial charge in [-0.2, -0.15) is 0 Å². The van der Waals surface area contributed by atoms with E-state index in [1.165, 1.54) is 6.07 Å². The Kier molecular flexibility index (Phi) is 5.11. The van der Waals surface area contributed by atoms with Gasteiger partial charge in [0.15, 0.2) is 11.6 Å². The van der Waals surface area contributed by atoms with Crippen molar-refractivity contribution >= 4 is 38.5 Å². The number of aryl methyl sites for hydroxylation is 1. The number of ether oxygens (including phenoxy) is 2. The zero-order valence-electron chi connectivity index (χ0n) is 17.0. The summed E-state index contributed by atoms with van der Waals surface area (Å²) in [5.41, 5.74) is 3.62. The zero-order chi connectivity index (χ0) is 21.5. The minimum absolute atomic E-state index is 0.0352. The Morgan fingerprint density at radius 3 is 2.94 bits per heavy atom. The second kappa shape index (κ2) is 7.94. The smallest absolute Gasteiger partial charge is 0.154 e. The fourth-order valence-electron chi connectivity index (χ4n) is 3.90. The lowest BCUT2D eigenvalue weighted by molar-refractivity contribution is 0.146. The Hall–Kier alpha value is -2.97. The molecule has 1 N–H and O–H groups in total. The third-order valence-corrected chi connectivity index (χ3v) is 5.76. The van der Waals surface area contributed by atoms with Gasteiger partial charge < -0.3 is 19.4 Å². The van der Waals surface area contributed by atoms with Gasteiger partial charge in [0, 0.05) is 17.8 Å². The van der Waals surface area contributed by atoms with Crippen molar-refractivity contribution in [2.24, 2.45) is 0 Å². The van der Waals surface area contributed by atoms with Crippen LogP contribution in [0.2, 0.25) is 0 Å². The van der Waals surface area contributed by atoms with Crippen molar-refractivity contribution in [3.8, 4) is 17.1 Å². The summed E-state index contributed by atoms with van der Waals surface area (Å²) in [4.78, 5) is 14.5. The van der Waals surface area contributed by atoms with Crippen LogP contribution in [0.4, 0.5) is 15.9 Å². The van der Waals surface area contributed by atoms with Gasteiger partial charge in [0.25, 0.3) is 0 Å². The molecule has 4 aromatic rings. The number of para-hydroxylation sites is 1. The average molecular weight is 483 g/mol. The highest BCUT2D eigenvalue weighted by Gasteiger charge is 2.32. The highest BCUT2D eigenvalue weighted by atomic mass is 79.9. The number of methoxy groups -OCH3 is 1. The second-order valence-corrected chi connectivity index (χ2v) is 8.42. The molecule has 2 aromatic carbocycles. The van der Waals surface area contributed by atoms with Crippen LogP contribution >= 0.6 is 15.9 Å². The number of anilines is 2. The first-order valence-electron chi connectivity index (χ1n) is 9.87. The number of aromatic nitrogens is 3. The lowest BCUT2D eigenvalue weighted by Gasteiger charge is -2.38. The molecule has 0 saturated heterocycles. The van der Waals surface area contributed by atoms with Gasteiger partial charge in [-0.15, -0.1) is 0 Å². The Labute approximate surface area is 187 Å². The number of fused-ring (bicyclic) bond motifs is 2. The van der Waals surface area contributed by atoms with Crippen LogP contribution < -0.4 is 9.64 Å². The number of nitrogens with one attached hydrogen (secondary N) is 1. The Balaban J connectivity index is 1.65. The van der Waals surface area contributed by atoms with Crippen LogP contribution in [0.15, 0.2) is 53.1 Å². The van der Waals surface area contributed by atoms with Crippen molar-refractivity contribution in [1.82, 2.24) is 15.0 Å². The highest BCUT2D eigenvalue weighted by molar-refractivity contribution is 9.10. The molecule has 1 aliphatic rings. The van der Waals surface area contributed by atoms with E-state index >= 15 is 0 Å². The zero-order valence-corrected chi connectivity index (χ0v) is 18.6. The Bertz CT molecular complexity index is 1260. The fourth-order valence-corrected chi connectivity index (χ4v) is 4.33. The number of pyridine rings is 1. The van der Waals surface area contributed by atoms with E-state index < -0.39 is 0 Å². The van der Waals surface area contributed by atoms with Crippen LogP contribution in [0.3, 0.4) is 0 Å². The summed E-state index contributed by atoms with van der Waals surface area (Å²) in [6.45, 7) is 2.92. The number of H-pyrrole nitrogens is 1. The van der Waals surface area contributed by atoms with Crippen LogP contribution in [0.5, 0.6) is 5.75 Å². The van der Waals surface area contributed by atoms with Crippen LogP contribution in [-0.4, -0.2) is 41.3 Å². The van der Waals surface area contributed by atoms with Gasteiger partial charge in [-0.1, -0.05) is 28.1 Å². The molecule has 6 nitrogen and oxygen atoms in total. The summed E-state index contributed by atoms with van der Waals surface area (Å²) in [6.07, 6.45) is 1.85. The maximum atomic E-state index is 14.4. The molecule has 1 aliphatic heterocycles. The lowest BCUT2D eigenvalue weighted by atomic mass is 10.1. The number of halogens is 2. The number of rotatable bonds is 4. The first-order chi connectivity index (χ1) is 15.0. The Morgan fingerprint density at radius 1 is 1.29 bits per heavy atom. The predicted molar refractivity (Wildman–Crippen MR) is 121 cm³/mol. The molecule has 1 atom stereocenters. The molecule has 31 heavy (non-hydrogen) atoms. The third kappa shape index (κ3) is 3.55. The Morgan fingerprint density at radius 2 is 2.16 bits per heavy atom. The number of imidazole rings is 1. The van der Waals surface area contributed by atoms with Crippen LogP contribution in [0.25, 0.3) is 22.4 Å². The largest absolute Gasteiger partial charge is 0.488 e. The van der Waals surface area contributed by atoms with Crippen molar-refractivity contribution in [3.05, 3.63) is 64.5 Å². The molecule has 0 fully saturated rings. The third-order valence-electron chi connectivity index (χ3n) is 5.30. The topological polar surface area (TPSA) is 63.3 Å². The van der Waals surface area contributed by atoms with Crippen molar-refractivity contribution < 1.29 is 13.9 Å². The van der Waals surface area contributed by atoms with Gasteiger partial charge in [0.1, 0.15) is 23.8 Å². The molecule has 5 rings (SSSR count). The van der Waals surface area contributed by atoms with Crippen molar-refractivity contribution in [1.29, 1.82) is 0 Å². The summed E-state index contributed by atoms with van der Waals surface area (Å²) in [7, 11) is 1.67. The number of hydrogen-bond acceptors (Lipinski definition) is 5. The summed E-state index contributed by atoms with van der Waals surface area (Å²) < 4.78 is 26.7.